The van der Waals surface area contributed by atoms with E-state index >= 15 is 0 Å². The highest BCUT2D eigenvalue weighted by Crippen LogP contribution is 2.55. The van der Waals surface area contributed by atoms with Gasteiger partial charge in [0.15, 0.2) is 11.7 Å². The molecular weight excluding hydrogens is 684 g/mol. The zero-order valence-corrected chi connectivity index (χ0v) is 33.8. The highest BCUT2D eigenvalue weighted by atomic mass is 16.8. The van der Waals surface area contributed by atoms with E-state index in [-0.39, 0.29) is 37.4 Å². The maximum absolute atomic E-state index is 13.3. The lowest BCUT2D eigenvalue weighted by molar-refractivity contribution is -0.358. The Balaban J connectivity index is 1.43. The number of aliphatic hydroxyl groups is 2. The molecule has 0 aliphatic carbocycles. The van der Waals surface area contributed by atoms with Crippen molar-refractivity contribution in [2.24, 2.45) is 11.8 Å². The van der Waals surface area contributed by atoms with Crippen molar-refractivity contribution in [1.29, 1.82) is 0 Å². The minimum absolute atomic E-state index is 0.0181. The Kier molecular flexibility index (Phi) is 17.5. The van der Waals surface area contributed by atoms with Crippen molar-refractivity contribution in [2.45, 2.75) is 153 Å². The number of hydrogen-bond acceptors (Lipinski definition) is 9. The summed E-state index contributed by atoms with van der Waals surface area (Å²) in [6.07, 6.45) is 21.1. The van der Waals surface area contributed by atoms with Crippen LogP contribution in [0.15, 0.2) is 72.5 Å². The van der Waals surface area contributed by atoms with Gasteiger partial charge >= 0.3 is 5.97 Å². The van der Waals surface area contributed by atoms with E-state index in [1.807, 2.05) is 31.2 Å². The van der Waals surface area contributed by atoms with Crippen molar-refractivity contribution in [3.05, 3.63) is 78.1 Å². The molecule has 2 fully saturated rings. The number of allylic oxidation sites excluding steroid dienone is 5. The van der Waals surface area contributed by atoms with Gasteiger partial charge in [-0.05, 0) is 102 Å². The number of carbonyl (C=O) groups excluding carboxylic acids is 1. The Hall–Kier alpha value is -2.79. The summed E-state index contributed by atoms with van der Waals surface area (Å²) in [5.41, 5.74) is -2.04. The first-order chi connectivity index (χ1) is 26.0. The van der Waals surface area contributed by atoms with Gasteiger partial charge in [-0.1, -0.05) is 80.6 Å². The number of ether oxygens (including phenoxy) is 6. The average molecular weight is 753 g/mol. The molecule has 2 bridgehead atoms. The summed E-state index contributed by atoms with van der Waals surface area (Å²) in [7, 11) is 1.51. The molecule has 54 heavy (non-hydrogen) atoms. The van der Waals surface area contributed by atoms with Crippen molar-refractivity contribution in [1.82, 2.24) is 0 Å². The maximum Gasteiger partial charge on any atom is 0.306 e. The molecule has 0 aromatic heterocycles. The van der Waals surface area contributed by atoms with Gasteiger partial charge in [-0.3, -0.25) is 4.79 Å². The first-order valence-electron chi connectivity index (χ1n) is 20.4. The summed E-state index contributed by atoms with van der Waals surface area (Å²) in [6, 6.07) is 10.2. The molecule has 0 saturated carbocycles. The molecule has 2 saturated heterocycles. The monoisotopic (exact) mass is 752 g/mol. The van der Waals surface area contributed by atoms with Crippen molar-refractivity contribution >= 4 is 12.0 Å². The molecule has 3 unspecified atom stereocenters. The van der Waals surface area contributed by atoms with E-state index in [2.05, 4.69) is 62.4 Å². The summed E-state index contributed by atoms with van der Waals surface area (Å²) in [4.78, 5) is 13.3. The third-order valence-corrected chi connectivity index (χ3v) is 11.4. The van der Waals surface area contributed by atoms with Gasteiger partial charge in [-0.2, -0.15) is 0 Å². The number of esters is 1. The highest BCUT2D eigenvalue weighted by Gasteiger charge is 2.76. The van der Waals surface area contributed by atoms with Crippen molar-refractivity contribution in [2.75, 3.05) is 26.9 Å². The van der Waals surface area contributed by atoms with E-state index < -0.39 is 41.3 Å². The Morgan fingerprint density at radius 2 is 1.72 bits per heavy atom. The lowest BCUT2D eigenvalue weighted by atomic mass is 9.72. The highest BCUT2D eigenvalue weighted by molar-refractivity contribution is 5.69. The summed E-state index contributed by atoms with van der Waals surface area (Å²) >= 11 is 0. The number of benzene rings is 1. The molecule has 302 valence electrons. The minimum Gasteiger partial charge on any atom is -0.494 e. The third kappa shape index (κ3) is 11.4. The molecule has 1 aromatic carbocycles. The van der Waals surface area contributed by atoms with Crippen molar-refractivity contribution < 1.29 is 43.4 Å². The van der Waals surface area contributed by atoms with E-state index in [9.17, 15) is 15.0 Å². The second kappa shape index (κ2) is 21.5. The standard InChI is InChI=1S/C45H68O9/c1-7-8-9-10-11-12-13-14-15-16-20-26-39(47)53-42-41-38(46)33-51-44(54-41,45(42,48)43(4,5)49-6)30-27-35(3)40(52-37-28-31-50-32-29-37)34(2)22-21-25-36-23-18-17-19-24-36/h7-8,13-14,17-19,21,23-25,28,34-35,38,40-42,46,48H,9-12,15-16,20,22,26-27,29-33H2,1-6H3/t34?,35-,38-,40?,41-,42+,44?,45+/m0/s1. The molecule has 4 rings (SSSR count). The first-order valence-corrected chi connectivity index (χ1v) is 20.4. The number of methoxy groups -OCH3 is 1. The smallest absolute Gasteiger partial charge is 0.306 e. The van der Waals surface area contributed by atoms with Crippen LogP contribution in [-0.2, 0) is 33.2 Å². The number of rotatable bonds is 23. The van der Waals surface area contributed by atoms with Crippen LogP contribution in [0.1, 0.15) is 117 Å². The Bertz CT molecular complexity index is 1390. The molecule has 0 amide bonds. The Morgan fingerprint density at radius 1 is 1.02 bits per heavy atom. The minimum atomic E-state index is -1.93. The van der Waals surface area contributed by atoms with Gasteiger partial charge in [0.1, 0.15) is 23.9 Å². The third-order valence-electron chi connectivity index (χ3n) is 11.4. The van der Waals surface area contributed by atoms with Crippen LogP contribution in [0.3, 0.4) is 0 Å². The molecule has 9 heteroatoms. The summed E-state index contributed by atoms with van der Waals surface area (Å²) in [5.74, 6) is -0.920. The zero-order chi connectivity index (χ0) is 39.0. The van der Waals surface area contributed by atoms with Crippen LogP contribution in [0.2, 0.25) is 0 Å². The normalized spacial score (nSPS) is 27.7. The molecule has 0 radical (unpaired) electrons. The van der Waals surface area contributed by atoms with E-state index in [0.29, 0.717) is 32.5 Å². The molecular formula is C45H68O9. The Labute approximate surface area is 324 Å². The number of unbranched alkanes of at least 4 members (excludes halogenated alkanes) is 5. The molecule has 3 aliphatic rings. The van der Waals surface area contributed by atoms with E-state index in [0.717, 1.165) is 43.4 Å². The van der Waals surface area contributed by atoms with Crippen LogP contribution in [0, 0.1) is 11.8 Å². The SMILES string of the molecule is CC=CCCCCC=CCCCCC(=O)O[C@@H]1[C@H]2OC(CC[C@H](C)C(OC3=CCOCC3)C(C)CC=Cc3ccccc3)(OC[C@@H]2O)[C@]1(O)C(C)(C)OC. The summed E-state index contributed by atoms with van der Waals surface area (Å²) < 4.78 is 37.1. The predicted molar refractivity (Wildman–Crippen MR) is 212 cm³/mol. The summed E-state index contributed by atoms with van der Waals surface area (Å²) in [6.45, 7) is 11.0. The fourth-order valence-electron chi connectivity index (χ4n) is 7.94. The molecule has 3 heterocycles. The molecule has 1 aromatic rings. The lowest BCUT2D eigenvalue weighted by Crippen LogP contribution is -2.69. The quantitative estimate of drug-likeness (QED) is 0.0645. The van der Waals surface area contributed by atoms with Crippen LogP contribution >= 0.6 is 0 Å². The molecule has 8 atom stereocenters. The van der Waals surface area contributed by atoms with Gasteiger partial charge in [0.2, 0.25) is 5.79 Å². The van der Waals surface area contributed by atoms with Crippen molar-refractivity contribution in [3.63, 3.8) is 0 Å². The largest absolute Gasteiger partial charge is 0.494 e. The van der Waals surface area contributed by atoms with E-state index in [1.54, 1.807) is 13.8 Å². The second-order valence-corrected chi connectivity index (χ2v) is 15.8. The second-order valence-electron chi connectivity index (χ2n) is 15.8. The molecule has 2 N–H and O–H groups in total. The average Bonchev–Trinajstić information content (AvgIpc) is 3.38. The van der Waals surface area contributed by atoms with E-state index in [1.165, 1.54) is 20.0 Å². The van der Waals surface area contributed by atoms with Gasteiger partial charge in [-0.25, -0.2) is 0 Å². The van der Waals surface area contributed by atoms with Crippen LogP contribution in [-0.4, -0.2) is 84.5 Å². The Morgan fingerprint density at radius 3 is 2.39 bits per heavy atom. The molecule has 0 spiro atoms. The summed E-state index contributed by atoms with van der Waals surface area (Å²) in [5, 5.41) is 23.9. The van der Waals surface area contributed by atoms with Crippen LogP contribution in [0.5, 0.6) is 0 Å². The zero-order valence-electron chi connectivity index (χ0n) is 33.8. The molecule has 9 nitrogen and oxygen atoms in total. The topological polar surface area (TPSA) is 113 Å². The number of hydrogen-bond donors (Lipinski definition) is 2. The van der Waals surface area contributed by atoms with Crippen LogP contribution in [0.4, 0.5) is 0 Å². The predicted octanol–water partition coefficient (Wildman–Crippen LogP) is 8.64. The fourth-order valence-corrected chi connectivity index (χ4v) is 7.94. The number of fused-ring (bicyclic) bond motifs is 2. The fraction of sp³-hybridized carbons (Fsp3) is 0.667. The van der Waals surface area contributed by atoms with Gasteiger partial charge < -0.3 is 38.6 Å². The van der Waals surface area contributed by atoms with Gasteiger partial charge in [0.05, 0.1) is 25.6 Å². The number of aliphatic hydroxyl groups excluding tert-OH is 1. The van der Waals surface area contributed by atoms with Gasteiger partial charge in [0, 0.05) is 26.4 Å². The van der Waals surface area contributed by atoms with Crippen LogP contribution in [0.25, 0.3) is 6.08 Å². The van der Waals surface area contributed by atoms with E-state index in [4.69, 9.17) is 28.4 Å². The number of carbonyl (C=O) groups is 1. The van der Waals surface area contributed by atoms with Gasteiger partial charge in [0.25, 0.3) is 0 Å². The first kappa shape index (κ1) is 43.9. The maximum atomic E-state index is 13.3. The van der Waals surface area contributed by atoms with Gasteiger partial charge in [-0.15, -0.1) is 0 Å². The molecule has 3 aliphatic heterocycles. The lowest BCUT2D eigenvalue weighted by Gasteiger charge is -2.50. The van der Waals surface area contributed by atoms with Crippen molar-refractivity contribution in [3.8, 4) is 0 Å². The van der Waals surface area contributed by atoms with Crippen LogP contribution < -0.4 is 0 Å².